The van der Waals surface area contributed by atoms with Crippen molar-refractivity contribution in [2.75, 3.05) is 17.7 Å². The van der Waals surface area contributed by atoms with Gasteiger partial charge in [0.15, 0.2) is 16.8 Å². The number of anilines is 1. The standard InChI is InChI=1S/C23H26N4O3S/c1-4-5-13-30-20-11-9-17(10-12-20)22-25-26-23(27(22)3)31-15-21(29)24-19-8-6-7-18(14-19)16(2)28/h6-12,14H,4-5,13,15H2,1-3H3,(H,24,29). The fourth-order valence-corrected chi connectivity index (χ4v) is 3.58. The second kappa shape index (κ2) is 10.8. The first-order valence-electron chi connectivity index (χ1n) is 10.1. The highest BCUT2D eigenvalue weighted by atomic mass is 32.2. The highest BCUT2D eigenvalue weighted by Crippen LogP contribution is 2.25. The number of nitrogens with one attached hydrogen (secondary N) is 1. The lowest BCUT2D eigenvalue weighted by Gasteiger charge is -2.08. The molecule has 0 aliphatic carbocycles. The van der Waals surface area contributed by atoms with Crippen LogP contribution >= 0.6 is 11.8 Å². The Hall–Kier alpha value is -3.13. The summed E-state index contributed by atoms with van der Waals surface area (Å²) in [5.41, 5.74) is 2.08. The molecular weight excluding hydrogens is 412 g/mol. The molecule has 0 saturated heterocycles. The predicted octanol–water partition coefficient (Wildman–Crippen LogP) is 4.59. The zero-order valence-electron chi connectivity index (χ0n) is 17.9. The average Bonchev–Trinajstić information content (AvgIpc) is 3.13. The van der Waals surface area contributed by atoms with Gasteiger partial charge in [0.25, 0.3) is 0 Å². The maximum Gasteiger partial charge on any atom is 0.234 e. The summed E-state index contributed by atoms with van der Waals surface area (Å²) in [6, 6.07) is 14.6. The van der Waals surface area contributed by atoms with Crippen LogP contribution < -0.4 is 10.1 Å². The molecule has 2 aromatic carbocycles. The molecule has 31 heavy (non-hydrogen) atoms. The third kappa shape index (κ3) is 6.18. The summed E-state index contributed by atoms with van der Waals surface area (Å²) in [5, 5.41) is 11.9. The molecule has 1 aromatic heterocycles. The number of benzene rings is 2. The second-order valence-electron chi connectivity index (χ2n) is 7.07. The van der Waals surface area contributed by atoms with Crippen molar-refractivity contribution in [3.8, 4) is 17.1 Å². The van der Waals surface area contributed by atoms with Crippen molar-refractivity contribution in [2.24, 2.45) is 7.05 Å². The van der Waals surface area contributed by atoms with Crippen molar-refractivity contribution in [3.63, 3.8) is 0 Å². The van der Waals surface area contributed by atoms with E-state index < -0.39 is 0 Å². The smallest absolute Gasteiger partial charge is 0.234 e. The quantitative estimate of drug-likeness (QED) is 0.283. The van der Waals surface area contributed by atoms with E-state index in [0.29, 0.717) is 23.0 Å². The molecule has 3 rings (SSSR count). The maximum absolute atomic E-state index is 12.3. The summed E-state index contributed by atoms with van der Waals surface area (Å²) in [4.78, 5) is 23.8. The minimum atomic E-state index is -0.177. The number of hydrogen-bond donors (Lipinski definition) is 1. The van der Waals surface area contributed by atoms with Crippen molar-refractivity contribution >= 4 is 29.1 Å². The zero-order chi connectivity index (χ0) is 22.2. The van der Waals surface area contributed by atoms with Crippen molar-refractivity contribution in [1.29, 1.82) is 0 Å². The Balaban J connectivity index is 1.58. The van der Waals surface area contributed by atoms with Gasteiger partial charge in [0.1, 0.15) is 5.75 Å². The molecule has 1 amide bonds. The second-order valence-corrected chi connectivity index (χ2v) is 8.01. The summed E-state index contributed by atoms with van der Waals surface area (Å²) in [6.07, 6.45) is 2.13. The molecule has 162 valence electrons. The number of carbonyl (C=O) groups is 2. The molecule has 0 aliphatic heterocycles. The molecule has 1 N–H and O–H groups in total. The minimum absolute atomic E-state index is 0.0438. The molecule has 0 aliphatic rings. The number of hydrogen-bond acceptors (Lipinski definition) is 6. The van der Waals surface area contributed by atoms with E-state index in [1.54, 1.807) is 24.3 Å². The van der Waals surface area contributed by atoms with Crippen LogP contribution in [0.25, 0.3) is 11.4 Å². The van der Waals surface area contributed by atoms with Gasteiger partial charge in [-0.2, -0.15) is 0 Å². The Morgan fingerprint density at radius 3 is 2.61 bits per heavy atom. The van der Waals surface area contributed by atoms with Crippen molar-refractivity contribution in [3.05, 3.63) is 54.1 Å². The minimum Gasteiger partial charge on any atom is -0.494 e. The summed E-state index contributed by atoms with van der Waals surface area (Å²) in [5.74, 6) is 1.51. The number of carbonyl (C=O) groups excluding carboxylic acids is 2. The summed E-state index contributed by atoms with van der Waals surface area (Å²) in [7, 11) is 1.87. The number of amides is 1. The topological polar surface area (TPSA) is 86.1 Å². The molecular formula is C23H26N4O3S. The fourth-order valence-electron chi connectivity index (χ4n) is 2.87. The molecule has 1 heterocycles. The lowest BCUT2D eigenvalue weighted by Crippen LogP contribution is -2.14. The first kappa shape index (κ1) is 22.6. The van der Waals surface area contributed by atoms with Gasteiger partial charge in [0.05, 0.1) is 12.4 Å². The number of ketones is 1. The van der Waals surface area contributed by atoms with E-state index in [2.05, 4.69) is 22.4 Å². The van der Waals surface area contributed by atoms with Gasteiger partial charge < -0.3 is 14.6 Å². The normalized spacial score (nSPS) is 10.7. The number of Topliss-reactive ketones (excluding diaryl/α,β-unsaturated/α-hetero) is 1. The third-order valence-corrected chi connectivity index (χ3v) is 5.62. The number of nitrogens with zero attached hydrogens (tertiary/aromatic N) is 3. The largest absolute Gasteiger partial charge is 0.494 e. The van der Waals surface area contributed by atoms with Crippen molar-refractivity contribution < 1.29 is 14.3 Å². The van der Waals surface area contributed by atoms with Crippen LogP contribution in [-0.2, 0) is 11.8 Å². The predicted molar refractivity (Wildman–Crippen MR) is 123 cm³/mol. The van der Waals surface area contributed by atoms with Crippen LogP contribution in [-0.4, -0.2) is 38.8 Å². The fraction of sp³-hybridized carbons (Fsp3) is 0.304. The molecule has 3 aromatic rings. The van der Waals surface area contributed by atoms with E-state index in [0.717, 1.165) is 30.0 Å². The molecule has 8 heteroatoms. The summed E-state index contributed by atoms with van der Waals surface area (Å²) >= 11 is 1.30. The third-order valence-electron chi connectivity index (χ3n) is 4.60. The molecule has 7 nitrogen and oxygen atoms in total. The number of unbranched alkanes of at least 4 members (excludes halogenated alkanes) is 1. The highest BCUT2D eigenvalue weighted by molar-refractivity contribution is 7.99. The summed E-state index contributed by atoms with van der Waals surface area (Å²) < 4.78 is 7.56. The monoisotopic (exact) mass is 438 g/mol. The van der Waals surface area contributed by atoms with Gasteiger partial charge in [-0.25, -0.2) is 0 Å². The van der Waals surface area contributed by atoms with E-state index in [4.69, 9.17) is 4.74 Å². The SMILES string of the molecule is CCCCOc1ccc(-c2nnc(SCC(=O)Nc3cccc(C(C)=O)c3)n2C)cc1. The maximum atomic E-state index is 12.3. The van der Waals surface area contributed by atoms with Crippen molar-refractivity contribution in [1.82, 2.24) is 14.8 Å². The molecule has 0 fully saturated rings. The van der Waals surface area contributed by atoms with Gasteiger partial charge in [0, 0.05) is 23.9 Å². The van der Waals surface area contributed by atoms with E-state index in [9.17, 15) is 9.59 Å². The van der Waals surface area contributed by atoms with E-state index in [-0.39, 0.29) is 17.4 Å². The van der Waals surface area contributed by atoms with Crippen molar-refractivity contribution in [2.45, 2.75) is 31.8 Å². The Morgan fingerprint density at radius 1 is 1.13 bits per heavy atom. The molecule has 0 saturated carbocycles. The number of ether oxygens (including phenoxy) is 1. The first-order chi connectivity index (χ1) is 15.0. The van der Waals surface area contributed by atoms with Crippen LogP contribution in [0.5, 0.6) is 5.75 Å². The Labute approximate surface area is 186 Å². The van der Waals surface area contributed by atoms with Gasteiger partial charge in [-0.05, 0) is 49.7 Å². The van der Waals surface area contributed by atoms with Gasteiger partial charge in [0.2, 0.25) is 5.91 Å². The van der Waals surface area contributed by atoms with Gasteiger partial charge >= 0.3 is 0 Å². The van der Waals surface area contributed by atoms with Gasteiger partial charge in [-0.15, -0.1) is 10.2 Å². The molecule has 0 unspecified atom stereocenters. The Bertz CT molecular complexity index is 1050. The number of aromatic nitrogens is 3. The Kier molecular flexibility index (Phi) is 7.83. The van der Waals surface area contributed by atoms with E-state index in [1.807, 2.05) is 35.9 Å². The molecule has 0 radical (unpaired) electrons. The Morgan fingerprint density at radius 2 is 1.90 bits per heavy atom. The van der Waals surface area contributed by atoms with Gasteiger partial charge in [-0.3, -0.25) is 9.59 Å². The summed E-state index contributed by atoms with van der Waals surface area (Å²) in [6.45, 7) is 4.34. The van der Waals surface area contributed by atoms with Crippen LogP contribution in [0.4, 0.5) is 5.69 Å². The van der Waals surface area contributed by atoms with Crippen LogP contribution in [0.15, 0.2) is 53.7 Å². The molecule has 0 atom stereocenters. The van der Waals surface area contributed by atoms with E-state index >= 15 is 0 Å². The number of rotatable bonds is 10. The lowest BCUT2D eigenvalue weighted by molar-refractivity contribution is -0.113. The van der Waals surface area contributed by atoms with Crippen LogP contribution in [0.3, 0.4) is 0 Å². The first-order valence-corrected chi connectivity index (χ1v) is 11.1. The van der Waals surface area contributed by atoms with E-state index in [1.165, 1.54) is 18.7 Å². The average molecular weight is 439 g/mol. The number of thioether (sulfide) groups is 1. The molecule has 0 bridgehead atoms. The van der Waals surface area contributed by atoms with Gasteiger partial charge in [-0.1, -0.05) is 37.2 Å². The zero-order valence-corrected chi connectivity index (χ0v) is 18.7. The van der Waals surface area contributed by atoms with Crippen LogP contribution in [0, 0.1) is 0 Å². The lowest BCUT2D eigenvalue weighted by atomic mass is 10.1. The van der Waals surface area contributed by atoms with Crippen LogP contribution in [0.2, 0.25) is 0 Å². The molecule has 0 spiro atoms. The highest BCUT2D eigenvalue weighted by Gasteiger charge is 2.13. The van der Waals surface area contributed by atoms with Crippen LogP contribution in [0.1, 0.15) is 37.0 Å².